The summed E-state index contributed by atoms with van der Waals surface area (Å²) in [5, 5.41) is 1.95. The molecule has 0 spiro atoms. The fraction of sp³-hybridized carbons (Fsp3) is 0.273. The van der Waals surface area contributed by atoms with Crippen molar-refractivity contribution >= 4 is 35.2 Å². The van der Waals surface area contributed by atoms with Crippen LogP contribution in [0.2, 0.25) is 6.43 Å². The summed E-state index contributed by atoms with van der Waals surface area (Å²) < 4.78 is 69.3. The van der Waals surface area contributed by atoms with Crippen molar-refractivity contribution in [3.8, 4) is 0 Å². The molecule has 7 nitrogen and oxygen atoms in total. The van der Waals surface area contributed by atoms with Gasteiger partial charge in [-0.3, -0.25) is 24.5 Å². The van der Waals surface area contributed by atoms with Crippen LogP contribution in [0.4, 0.5) is 8.78 Å². The average Bonchev–Trinajstić information content (AvgIpc) is 3.17. The minimum absolute atomic E-state index is 0.00203. The summed E-state index contributed by atoms with van der Waals surface area (Å²) >= 11 is 5.69. The summed E-state index contributed by atoms with van der Waals surface area (Å²) in [6, 6.07) is 5.42. The predicted molar refractivity (Wildman–Crippen MR) is 110 cm³/mol. The van der Waals surface area contributed by atoms with Gasteiger partial charge in [-0.1, -0.05) is 35.9 Å². The van der Waals surface area contributed by atoms with Crippen LogP contribution in [0.5, 0.6) is 0 Å². The monoisotopic (exact) mass is 466 g/mol. The Balaban J connectivity index is 1.55. The number of halogens is 3. The molecule has 10 heteroatoms. The van der Waals surface area contributed by atoms with Gasteiger partial charge in [0.2, 0.25) is 11.8 Å². The molecule has 2 aromatic carbocycles. The summed E-state index contributed by atoms with van der Waals surface area (Å²) in [4.78, 5) is 50.2. The van der Waals surface area contributed by atoms with E-state index in [-0.39, 0.29) is 27.0 Å². The summed E-state index contributed by atoms with van der Waals surface area (Å²) in [5.41, 5.74) is -0.257. The van der Waals surface area contributed by atoms with E-state index in [1.165, 1.54) is 30.3 Å². The largest absolute Gasteiger partial charge is 0.349 e. The Bertz CT molecular complexity index is 1330. The van der Waals surface area contributed by atoms with Gasteiger partial charge in [0.05, 0.1) is 1.37 Å². The smallest absolute Gasteiger partial charge is 0.346 e. The fourth-order valence-electron chi connectivity index (χ4n) is 3.32. The molecule has 4 rings (SSSR count). The number of imide groups is 1. The summed E-state index contributed by atoms with van der Waals surface area (Å²) in [6.07, 6.45) is -5.19. The maximum absolute atomic E-state index is 14.6. The third kappa shape index (κ3) is 4.08. The van der Waals surface area contributed by atoms with E-state index in [0.29, 0.717) is 4.90 Å². The Kier molecular flexibility index (Phi) is 4.24. The molecule has 2 N–H and O–H groups in total. The van der Waals surface area contributed by atoms with Crippen molar-refractivity contribution in [3.05, 3.63) is 69.7 Å². The molecule has 166 valence electrons. The zero-order valence-electron chi connectivity index (χ0n) is 21.2. The molecule has 0 aliphatic carbocycles. The van der Waals surface area contributed by atoms with E-state index >= 15 is 0 Å². The molecule has 2 atom stereocenters. The van der Waals surface area contributed by atoms with Crippen LogP contribution in [0.1, 0.15) is 45.3 Å². The molecule has 2 aliphatic heterocycles. The highest BCUT2D eigenvalue weighted by atomic mass is 35.5. The standard InChI is InChI=1S/C22H18ClF2N3O4/c23-15-4-2-14(3-5-15)22(24,25)21(32)26-10-12-1-6-16-13(9-12)11-28(20(16)31)17-7-8-18(29)27-19(17)30/h1-6,9,17H,7-8,10-11H2,(H,26,32)(H,27,29,30)/i7D,8D2,17D/hD. The molecule has 32 heavy (non-hydrogen) atoms. The highest BCUT2D eigenvalue weighted by molar-refractivity contribution is 6.30. The molecule has 2 aliphatic rings. The maximum Gasteiger partial charge on any atom is 0.349 e. The number of carbonyl (C=O) groups is 4. The van der Waals surface area contributed by atoms with E-state index in [0.717, 1.165) is 12.1 Å². The van der Waals surface area contributed by atoms with Gasteiger partial charge in [0.25, 0.3) is 11.8 Å². The number of fused-ring (bicyclic) bond motifs is 1. The number of rotatable bonds is 5. The second-order valence-corrected chi connectivity index (χ2v) is 7.48. The molecule has 4 amide bonds. The van der Waals surface area contributed by atoms with Crippen LogP contribution in [0, 0.1) is 0 Å². The Morgan fingerprint density at radius 1 is 1.28 bits per heavy atom. The molecule has 2 aromatic rings. The molecular weight excluding hydrogens is 444 g/mol. The second-order valence-electron chi connectivity index (χ2n) is 7.04. The van der Waals surface area contributed by atoms with Crippen LogP contribution >= 0.6 is 11.6 Å². The second kappa shape index (κ2) is 8.31. The predicted octanol–water partition coefficient (Wildman–Crippen LogP) is 2.51. The van der Waals surface area contributed by atoms with Gasteiger partial charge in [0, 0.05) is 39.7 Å². The number of nitrogens with zero attached hydrogens (tertiary/aromatic N) is 1. The van der Waals surface area contributed by atoms with Crippen molar-refractivity contribution in [2.45, 2.75) is 37.8 Å². The van der Waals surface area contributed by atoms with Crippen molar-refractivity contribution in [2.24, 2.45) is 0 Å². The van der Waals surface area contributed by atoms with Gasteiger partial charge in [-0.05, 0) is 35.7 Å². The average molecular weight is 467 g/mol. The molecule has 2 unspecified atom stereocenters. The number of hydrogen-bond donors (Lipinski definition) is 2. The van der Waals surface area contributed by atoms with E-state index in [9.17, 15) is 28.0 Å². The summed E-state index contributed by atoms with van der Waals surface area (Å²) in [5.74, 6) is -9.41. The van der Waals surface area contributed by atoms with Gasteiger partial charge in [0.15, 0.2) is 1.41 Å². The maximum atomic E-state index is 14.6. The first-order chi connectivity index (χ1) is 17.1. The third-order valence-electron chi connectivity index (χ3n) is 4.94. The quantitative estimate of drug-likeness (QED) is 0.662. The summed E-state index contributed by atoms with van der Waals surface area (Å²) in [6.45, 7) is -1.01. The lowest BCUT2D eigenvalue weighted by Crippen LogP contribution is -2.52. The Hall–Kier alpha value is -3.33. The zero-order valence-corrected chi connectivity index (χ0v) is 17.0. The first-order valence-corrected chi connectivity index (χ1v) is 9.66. The lowest BCUT2D eigenvalue weighted by atomic mass is 10.0. The van der Waals surface area contributed by atoms with Gasteiger partial charge in [-0.25, -0.2) is 0 Å². The van der Waals surface area contributed by atoms with Crippen LogP contribution in [-0.4, -0.2) is 34.5 Å². The number of nitrogens with one attached hydrogen (secondary N) is 2. The minimum Gasteiger partial charge on any atom is -0.346 e. The lowest BCUT2D eigenvalue weighted by molar-refractivity contribution is -0.147. The van der Waals surface area contributed by atoms with Crippen LogP contribution in [0.15, 0.2) is 42.5 Å². The minimum atomic E-state index is -4.01. The van der Waals surface area contributed by atoms with E-state index in [1.54, 1.807) is 5.32 Å². The number of benzene rings is 2. The Morgan fingerprint density at radius 3 is 2.72 bits per heavy atom. The van der Waals surface area contributed by atoms with E-state index in [1.807, 2.05) is 0 Å². The molecule has 0 radical (unpaired) electrons. The van der Waals surface area contributed by atoms with Crippen molar-refractivity contribution < 1.29 is 34.9 Å². The fourth-order valence-corrected chi connectivity index (χ4v) is 3.44. The summed E-state index contributed by atoms with van der Waals surface area (Å²) in [7, 11) is 0. The molecular formula is C22H18ClF2N3O4. The molecule has 1 saturated heterocycles. The van der Waals surface area contributed by atoms with Crippen LogP contribution in [0.25, 0.3) is 0 Å². The Morgan fingerprint density at radius 2 is 2.00 bits per heavy atom. The van der Waals surface area contributed by atoms with Crippen LogP contribution in [-0.2, 0) is 33.4 Å². The number of alkyl halides is 2. The van der Waals surface area contributed by atoms with Crippen LogP contribution < -0.4 is 10.6 Å². The number of amides is 4. The number of carbonyl (C=O) groups excluding carboxylic acids is 4. The normalized spacial score (nSPS) is 26.8. The van der Waals surface area contributed by atoms with E-state index in [2.05, 4.69) is 0 Å². The molecule has 2 heterocycles. The van der Waals surface area contributed by atoms with Gasteiger partial charge >= 0.3 is 5.92 Å². The van der Waals surface area contributed by atoms with Crippen LogP contribution in [0.3, 0.4) is 0 Å². The van der Waals surface area contributed by atoms with Crippen molar-refractivity contribution in [1.82, 2.24) is 15.5 Å². The van der Waals surface area contributed by atoms with Gasteiger partial charge in [-0.15, -0.1) is 0 Å². The highest BCUT2D eigenvalue weighted by Gasteiger charge is 2.41. The molecule has 0 aromatic heterocycles. The van der Waals surface area contributed by atoms with Crippen molar-refractivity contribution in [3.63, 3.8) is 0 Å². The third-order valence-corrected chi connectivity index (χ3v) is 5.20. The van der Waals surface area contributed by atoms with Crippen molar-refractivity contribution in [1.29, 1.82) is 0 Å². The molecule has 0 bridgehead atoms. The molecule has 1 fully saturated rings. The van der Waals surface area contributed by atoms with E-state index < -0.39 is 67.0 Å². The molecule has 0 saturated carbocycles. The SMILES string of the molecule is [2H]C1C([2H])([2H])C(=O)NC(=O)C1([2H])N1Cc2cc(CN([2H])C(=O)C(F)(F)c3ccc(Cl)cc3)ccc2C1=O. The number of piperidine rings is 1. The Labute approximate surface area is 193 Å². The number of hydrogen-bond acceptors (Lipinski definition) is 4. The lowest BCUT2D eigenvalue weighted by Gasteiger charge is -2.29. The van der Waals surface area contributed by atoms with Crippen molar-refractivity contribution in [2.75, 3.05) is 0 Å². The topological polar surface area (TPSA) is 95.6 Å². The zero-order chi connectivity index (χ0) is 27.5. The highest BCUT2D eigenvalue weighted by Crippen LogP contribution is 2.30. The van der Waals surface area contributed by atoms with Gasteiger partial charge < -0.3 is 10.2 Å². The van der Waals surface area contributed by atoms with Gasteiger partial charge in [-0.2, -0.15) is 8.78 Å². The van der Waals surface area contributed by atoms with Gasteiger partial charge in [0.1, 0.15) is 6.02 Å². The van der Waals surface area contributed by atoms with E-state index in [4.69, 9.17) is 18.5 Å². The first-order valence-electron chi connectivity index (χ1n) is 11.8. The first kappa shape index (κ1) is 16.3.